The highest BCUT2D eigenvalue weighted by molar-refractivity contribution is 7.92. The molecule has 1 atom stereocenters. The third-order valence-electron chi connectivity index (χ3n) is 5.30. The number of anilines is 1. The van der Waals surface area contributed by atoms with E-state index < -0.39 is 28.5 Å². The Morgan fingerprint density at radius 1 is 1.06 bits per heavy atom. The minimum atomic E-state index is -3.77. The standard InChI is InChI=1S/C23H30ClN3O4S/c1-6-20(23(29)25-4)26(14-18-12-7-8-13-19(18)24)21(28)15-27(32(5,30)31)22-16(2)10-9-11-17(22)3/h7-13,20H,6,14-15H2,1-5H3,(H,25,29)/t20-/m0/s1. The van der Waals surface area contributed by atoms with Crippen LogP contribution in [0.1, 0.15) is 30.0 Å². The largest absolute Gasteiger partial charge is 0.357 e. The fourth-order valence-electron chi connectivity index (χ4n) is 3.67. The molecule has 2 aromatic carbocycles. The first-order valence-electron chi connectivity index (χ1n) is 10.3. The number of para-hydroxylation sites is 1. The first-order valence-corrected chi connectivity index (χ1v) is 12.5. The van der Waals surface area contributed by atoms with E-state index in [0.29, 0.717) is 22.7 Å². The van der Waals surface area contributed by atoms with Gasteiger partial charge in [-0.1, -0.05) is 54.9 Å². The number of hydrogen-bond acceptors (Lipinski definition) is 4. The van der Waals surface area contributed by atoms with Crippen LogP contribution in [0.15, 0.2) is 42.5 Å². The maximum atomic E-state index is 13.5. The first kappa shape index (κ1) is 25.7. The molecule has 0 heterocycles. The number of hydrogen-bond donors (Lipinski definition) is 1. The molecule has 2 rings (SSSR count). The number of aryl methyl sites for hydroxylation is 2. The number of amides is 2. The van der Waals surface area contributed by atoms with Gasteiger partial charge < -0.3 is 10.2 Å². The summed E-state index contributed by atoms with van der Waals surface area (Å²) in [4.78, 5) is 27.5. The van der Waals surface area contributed by atoms with Crippen LogP contribution >= 0.6 is 11.6 Å². The Labute approximate surface area is 195 Å². The van der Waals surface area contributed by atoms with Crippen LogP contribution in [-0.4, -0.2) is 51.0 Å². The van der Waals surface area contributed by atoms with Crippen molar-refractivity contribution in [3.8, 4) is 0 Å². The van der Waals surface area contributed by atoms with E-state index >= 15 is 0 Å². The molecular formula is C23H30ClN3O4S. The highest BCUT2D eigenvalue weighted by atomic mass is 35.5. The van der Waals surface area contributed by atoms with Gasteiger partial charge in [-0.3, -0.25) is 13.9 Å². The van der Waals surface area contributed by atoms with Crippen LogP contribution in [0.3, 0.4) is 0 Å². The summed E-state index contributed by atoms with van der Waals surface area (Å²) in [5, 5.41) is 3.05. The van der Waals surface area contributed by atoms with Gasteiger partial charge in [-0.25, -0.2) is 8.42 Å². The average molecular weight is 480 g/mol. The third kappa shape index (κ3) is 6.01. The molecule has 0 saturated heterocycles. The monoisotopic (exact) mass is 479 g/mol. The van der Waals surface area contributed by atoms with Gasteiger partial charge in [0.2, 0.25) is 21.8 Å². The Balaban J connectivity index is 2.51. The number of likely N-dealkylation sites (N-methyl/N-ethyl adjacent to an activating group) is 1. The van der Waals surface area contributed by atoms with Gasteiger partial charge >= 0.3 is 0 Å². The predicted molar refractivity (Wildman–Crippen MR) is 128 cm³/mol. The van der Waals surface area contributed by atoms with Crippen molar-refractivity contribution in [3.05, 3.63) is 64.2 Å². The zero-order valence-electron chi connectivity index (χ0n) is 19.1. The molecule has 0 aliphatic heterocycles. The summed E-state index contributed by atoms with van der Waals surface area (Å²) in [6.07, 6.45) is 1.43. The lowest BCUT2D eigenvalue weighted by Gasteiger charge is -2.33. The summed E-state index contributed by atoms with van der Waals surface area (Å²) in [5.74, 6) is -0.820. The van der Waals surface area contributed by atoms with Crippen molar-refractivity contribution in [2.75, 3.05) is 24.2 Å². The summed E-state index contributed by atoms with van der Waals surface area (Å²) in [7, 11) is -2.27. The molecule has 7 nitrogen and oxygen atoms in total. The van der Waals surface area contributed by atoms with E-state index in [4.69, 9.17) is 11.6 Å². The summed E-state index contributed by atoms with van der Waals surface area (Å²) in [5.41, 5.74) is 2.61. The second kappa shape index (κ2) is 10.8. The van der Waals surface area contributed by atoms with Crippen LogP contribution in [0.25, 0.3) is 0 Å². The van der Waals surface area contributed by atoms with Crippen molar-refractivity contribution in [2.45, 2.75) is 39.8 Å². The lowest BCUT2D eigenvalue weighted by atomic mass is 10.1. The fraction of sp³-hybridized carbons (Fsp3) is 0.391. The van der Waals surface area contributed by atoms with Crippen molar-refractivity contribution < 1.29 is 18.0 Å². The lowest BCUT2D eigenvalue weighted by Crippen LogP contribution is -2.51. The van der Waals surface area contributed by atoms with Gasteiger partial charge in [0.1, 0.15) is 12.6 Å². The number of carbonyl (C=O) groups is 2. The summed E-state index contributed by atoms with van der Waals surface area (Å²) >= 11 is 6.31. The molecule has 0 spiro atoms. The molecule has 0 bridgehead atoms. The number of carbonyl (C=O) groups excluding carboxylic acids is 2. The molecule has 1 N–H and O–H groups in total. The molecule has 0 aliphatic rings. The van der Waals surface area contributed by atoms with E-state index in [9.17, 15) is 18.0 Å². The Bertz CT molecular complexity index is 1070. The Morgan fingerprint density at radius 2 is 1.66 bits per heavy atom. The van der Waals surface area contributed by atoms with Gasteiger partial charge in [-0.2, -0.15) is 0 Å². The Morgan fingerprint density at radius 3 is 2.16 bits per heavy atom. The fourth-order valence-corrected chi connectivity index (χ4v) is 4.83. The maximum Gasteiger partial charge on any atom is 0.244 e. The molecular weight excluding hydrogens is 450 g/mol. The highest BCUT2D eigenvalue weighted by Gasteiger charge is 2.32. The smallest absolute Gasteiger partial charge is 0.244 e. The molecule has 174 valence electrons. The van der Waals surface area contributed by atoms with Crippen LogP contribution in [0, 0.1) is 13.8 Å². The van der Waals surface area contributed by atoms with E-state index in [1.54, 1.807) is 57.2 Å². The molecule has 0 saturated carbocycles. The van der Waals surface area contributed by atoms with Crippen molar-refractivity contribution >= 4 is 39.1 Å². The number of nitrogens with one attached hydrogen (secondary N) is 1. The molecule has 0 radical (unpaired) electrons. The first-order chi connectivity index (χ1) is 15.0. The topological polar surface area (TPSA) is 86.8 Å². The van der Waals surface area contributed by atoms with Crippen LogP contribution in [0.5, 0.6) is 0 Å². The second-order valence-electron chi connectivity index (χ2n) is 7.66. The molecule has 0 aromatic heterocycles. The van der Waals surface area contributed by atoms with E-state index in [1.165, 1.54) is 11.9 Å². The van der Waals surface area contributed by atoms with Crippen LogP contribution < -0.4 is 9.62 Å². The van der Waals surface area contributed by atoms with Crippen molar-refractivity contribution in [3.63, 3.8) is 0 Å². The predicted octanol–water partition coefficient (Wildman–Crippen LogP) is 3.28. The molecule has 2 aromatic rings. The Kier molecular flexibility index (Phi) is 8.69. The van der Waals surface area contributed by atoms with Gasteiger partial charge in [0, 0.05) is 18.6 Å². The van der Waals surface area contributed by atoms with E-state index in [2.05, 4.69) is 5.32 Å². The van der Waals surface area contributed by atoms with Gasteiger partial charge in [0.05, 0.1) is 11.9 Å². The quantitative estimate of drug-likeness (QED) is 0.598. The third-order valence-corrected chi connectivity index (χ3v) is 6.78. The minimum Gasteiger partial charge on any atom is -0.357 e. The van der Waals surface area contributed by atoms with E-state index in [0.717, 1.165) is 21.7 Å². The van der Waals surface area contributed by atoms with Crippen LogP contribution in [0.2, 0.25) is 5.02 Å². The molecule has 0 fully saturated rings. The SMILES string of the molecule is CC[C@@H](C(=O)NC)N(Cc1ccccc1Cl)C(=O)CN(c1c(C)cccc1C)S(C)(=O)=O. The van der Waals surface area contributed by atoms with Crippen LogP contribution in [-0.2, 0) is 26.2 Å². The number of rotatable bonds is 9. The summed E-state index contributed by atoms with van der Waals surface area (Å²) in [6.45, 7) is 5.04. The lowest BCUT2D eigenvalue weighted by molar-refractivity contribution is -0.140. The van der Waals surface area contributed by atoms with Crippen LogP contribution in [0.4, 0.5) is 5.69 Å². The molecule has 2 amide bonds. The minimum absolute atomic E-state index is 0.0782. The average Bonchev–Trinajstić information content (AvgIpc) is 2.72. The maximum absolute atomic E-state index is 13.5. The van der Waals surface area contributed by atoms with Crippen molar-refractivity contribution in [1.29, 1.82) is 0 Å². The Hall–Kier alpha value is -2.58. The molecule has 9 heteroatoms. The zero-order chi connectivity index (χ0) is 24.1. The van der Waals surface area contributed by atoms with Gasteiger partial charge in [-0.05, 0) is 43.0 Å². The van der Waals surface area contributed by atoms with E-state index in [-0.39, 0.29) is 12.5 Å². The van der Waals surface area contributed by atoms with Crippen molar-refractivity contribution in [1.82, 2.24) is 10.2 Å². The molecule has 0 unspecified atom stereocenters. The summed E-state index contributed by atoms with van der Waals surface area (Å²) in [6, 6.07) is 11.7. The summed E-state index contributed by atoms with van der Waals surface area (Å²) < 4.78 is 26.5. The zero-order valence-corrected chi connectivity index (χ0v) is 20.6. The van der Waals surface area contributed by atoms with Gasteiger partial charge in [-0.15, -0.1) is 0 Å². The highest BCUT2D eigenvalue weighted by Crippen LogP contribution is 2.27. The van der Waals surface area contributed by atoms with E-state index in [1.807, 2.05) is 6.07 Å². The number of nitrogens with zero attached hydrogens (tertiary/aromatic N) is 2. The number of benzene rings is 2. The van der Waals surface area contributed by atoms with Gasteiger partial charge in [0.15, 0.2) is 0 Å². The second-order valence-corrected chi connectivity index (χ2v) is 9.98. The van der Waals surface area contributed by atoms with Gasteiger partial charge in [0.25, 0.3) is 0 Å². The molecule has 32 heavy (non-hydrogen) atoms. The molecule has 0 aliphatic carbocycles. The normalized spacial score (nSPS) is 12.2. The number of sulfonamides is 1. The van der Waals surface area contributed by atoms with Crippen molar-refractivity contribution in [2.24, 2.45) is 0 Å². The number of halogens is 1.